The number of carbonyl (C=O) groups excluding carboxylic acids is 1. The molecule has 0 amide bonds. The summed E-state index contributed by atoms with van der Waals surface area (Å²) < 4.78 is 76.4. The summed E-state index contributed by atoms with van der Waals surface area (Å²) in [7, 11) is 1.04. The smallest absolute Gasteiger partial charge is 0.330 e. The fraction of sp³-hybridized carbons (Fsp3) is 0.417. The lowest BCUT2D eigenvalue weighted by atomic mass is 10.1. The molecule has 116 valence electrons. The Balaban J connectivity index is 2.56. The SMILES string of the molecule is COC(=O)C1COCCN1c1c(F)c(F)c(F)c(F)c1F. The third-order valence-corrected chi connectivity index (χ3v) is 3.08. The van der Waals surface area contributed by atoms with Gasteiger partial charge in [0.05, 0.1) is 20.3 Å². The predicted molar refractivity (Wildman–Crippen MR) is 60.2 cm³/mol. The van der Waals surface area contributed by atoms with Crippen LogP contribution in [0.5, 0.6) is 0 Å². The van der Waals surface area contributed by atoms with Crippen LogP contribution < -0.4 is 4.90 Å². The normalized spacial score (nSPS) is 18.8. The maximum atomic E-state index is 13.8. The number of hydrogen-bond donors (Lipinski definition) is 0. The molecule has 1 aromatic rings. The summed E-state index contributed by atoms with van der Waals surface area (Å²) in [5, 5.41) is 0. The van der Waals surface area contributed by atoms with Gasteiger partial charge < -0.3 is 14.4 Å². The first-order valence-electron chi connectivity index (χ1n) is 5.83. The van der Waals surface area contributed by atoms with Crippen molar-refractivity contribution < 1.29 is 36.2 Å². The van der Waals surface area contributed by atoms with Crippen LogP contribution in [-0.2, 0) is 14.3 Å². The largest absolute Gasteiger partial charge is 0.467 e. The van der Waals surface area contributed by atoms with Gasteiger partial charge in [0.15, 0.2) is 29.3 Å². The molecule has 1 heterocycles. The first-order chi connectivity index (χ1) is 9.90. The zero-order chi connectivity index (χ0) is 15.7. The molecule has 1 aliphatic rings. The van der Waals surface area contributed by atoms with Crippen LogP contribution in [0.1, 0.15) is 0 Å². The Bertz CT molecular complexity index is 551. The van der Waals surface area contributed by atoms with Crippen LogP contribution in [0.15, 0.2) is 0 Å². The van der Waals surface area contributed by atoms with Crippen molar-refractivity contribution in [1.29, 1.82) is 0 Å². The maximum Gasteiger partial charge on any atom is 0.330 e. The maximum absolute atomic E-state index is 13.8. The van der Waals surface area contributed by atoms with Crippen LogP contribution in [0.2, 0.25) is 0 Å². The van der Waals surface area contributed by atoms with Gasteiger partial charge in [-0.05, 0) is 0 Å². The fourth-order valence-electron chi connectivity index (χ4n) is 2.05. The molecular weight excluding hydrogens is 301 g/mol. The molecule has 0 N–H and O–H groups in total. The van der Waals surface area contributed by atoms with Gasteiger partial charge in [-0.1, -0.05) is 0 Å². The summed E-state index contributed by atoms with van der Waals surface area (Å²) in [6, 6.07) is -1.29. The molecule has 1 fully saturated rings. The molecule has 2 rings (SSSR count). The molecule has 1 atom stereocenters. The van der Waals surface area contributed by atoms with Crippen LogP contribution in [0, 0.1) is 29.1 Å². The Labute approximate surface area is 116 Å². The highest BCUT2D eigenvalue weighted by molar-refractivity contribution is 5.80. The Morgan fingerprint density at radius 1 is 1.10 bits per heavy atom. The van der Waals surface area contributed by atoms with Crippen LogP contribution >= 0.6 is 0 Å². The van der Waals surface area contributed by atoms with E-state index in [0.29, 0.717) is 0 Å². The number of ether oxygens (including phenoxy) is 2. The van der Waals surface area contributed by atoms with Crippen molar-refractivity contribution in [3.63, 3.8) is 0 Å². The monoisotopic (exact) mass is 311 g/mol. The second-order valence-electron chi connectivity index (χ2n) is 4.23. The molecule has 0 radical (unpaired) electrons. The highest BCUT2D eigenvalue weighted by Gasteiger charge is 2.37. The van der Waals surface area contributed by atoms with Crippen LogP contribution in [0.3, 0.4) is 0 Å². The number of benzene rings is 1. The average molecular weight is 311 g/mol. The van der Waals surface area contributed by atoms with Crippen LogP contribution in [0.4, 0.5) is 27.6 Å². The zero-order valence-electron chi connectivity index (χ0n) is 10.8. The van der Waals surface area contributed by atoms with E-state index in [9.17, 15) is 26.7 Å². The number of morpholine rings is 1. The van der Waals surface area contributed by atoms with Gasteiger partial charge in [-0.2, -0.15) is 0 Å². The van der Waals surface area contributed by atoms with Crippen molar-refractivity contribution in [1.82, 2.24) is 0 Å². The first-order valence-corrected chi connectivity index (χ1v) is 5.83. The summed E-state index contributed by atoms with van der Waals surface area (Å²) in [4.78, 5) is 12.3. The molecule has 1 unspecified atom stereocenters. The number of esters is 1. The molecule has 0 aromatic heterocycles. The second-order valence-corrected chi connectivity index (χ2v) is 4.23. The fourth-order valence-corrected chi connectivity index (χ4v) is 2.05. The number of methoxy groups -OCH3 is 1. The summed E-state index contributed by atoms with van der Waals surface area (Å²) in [5.41, 5.74) is -1.16. The van der Waals surface area contributed by atoms with E-state index in [-0.39, 0.29) is 19.8 Å². The molecule has 0 saturated carbocycles. The summed E-state index contributed by atoms with van der Waals surface area (Å²) in [5.74, 6) is -11.3. The number of nitrogens with zero attached hydrogens (tertiary/aromatic N) is 1. The number of rotatable bonds is 2. The molecule has 4 nitrogen and oxygen atoms in total. The minimum absolute atomic E-state index is 0.0347. The molecule has 0 aliphatic carbocycles. The number of carbonyl (C=O) groups is 1. The number of halogens is 5. The number of anilines is 1. The zero-order valence-corrected chi connectivity index (χ0v) is 10.8. The molecule has 21 heavy (non-hydrogen) atoms. The molecule has 0 spiro atoms. The topological polar surface area (TPSA) is 38.8 Å². The van der Waals surface area contributed by atoms with E-state index in [2.05, 4.69) is 4.74 Å². The van der Waals surface area contributed by atoms with E-state index in [4.69, 9.17) is 4.74 Å². The number of hydrogen-bond acceptors (Lipinski definition) is 4. The highest BCUT2D eigenvalue weighted by Crippen LogP contribution is 2.32. The molecule has 1 saturated heterocycles. The van der Waals surface area contributed by atoms with E-state index in [1.54, 1.807) is 0 Å². The van der Waals surface area contributed by atoms with Crippen molar-refractivity contribution >= 4 is 11.7 Å². The standard InChI is InChI=1S/C12H10F5NO3/c1-20-12(19)5-4-21-3-2-18(5)11-9(16)7(14)6(13)8(15)10(11)17/h5H,2-4H2,1H3. The Morgan fingerprint density at radius 2 is 1.62 bits per heavy atom. The summed E-state index contributed by atoms with van der Waals surface area (Å²) >= 11 is 0. The van der Waals surface area contributed by atoms with Crippen LogP contribution in [0.25, 0.3) is 0 Å². The minimum atomic E-state index is -2.25. The van der Waals surface area contributed by atoms with Gasteiger partial charge in [-0.3, -0.25) is 0 Å². The first kappa shape index (κ1) is 15.5. The van der Waals surface area contributed by atoms with Crippen molar-refractivity contribution in [2.75, 3.05) is 31.8 Å². The van der Waals surface area contributed by atoms with Gasteiger partial charge in [0, 0.05) is 6.54 Å². The van der Waals surface area contributed by atoms with Crippen molar-refractivity contribution in [2.45, 2.75) is 6.04 Å². The lowest BCUT2D eigenvalue weighted by molar-refractivity contribution is -0.144. The van der Waals surface area contributed by atoms with Crippen molar-refractivity contribution in [2.24, 2.45) is 0 Å². The quantitative estimate of drug-likeness (QED) is 0.361. The van der Waals surface area contributed by atoms with Crippen LogP contribution in [-0.4, -0.2) is 38.9 Å². The van der Waals surface area contributed by atoms with Gasteiger partial charge in [0.1, 0.15) is 5.69 Å². The van der Waals surface area contributed by atoms with Gasteiger partial charge in [0.2, 0.25) is 5.82 Å². The van der Waals surface area contributed by atoms with Crippen molar-refractivity contribution in [3.05, 3.63) is 29.1 Å². The summed E-state index contributed by atoms with van der Waals surface area (Å²) in [6.07, 6.45) is 0. The predicted octanol–water partition coefficient (Wildman–Crippen LogP) is 1.76. The van der Waals surface area contributed by atoms with Gasteiger partial charge in [0.25, 0.3) is 0 Å². The summed E-state index contributed by atoms with van der Waals surface area (Å²) in [6.45, 7) is -0.544. The van der Waals surface area contributed by atoms with Gasteiger partial charge in [-0.15, -0.1) is 0 Å². The van der Waals surface area contributed by atoms with Gasteiger partial charge in [-0.25, -0.2) is 26.7 Å². The average Bonchev–Trinajstić information content (AvgIpc) is 2.51. The molecule has 1 aromatic carbocycles. The van der Waals surface area contributed by atoms with E-state index in [0.717, 1.165) is 12.0 Å². The molecular formula is C12H10F5NO3. The molecule has 1 aliphatic heterocycles. The Hall–Kier alpha value is -1.90. The third-order valence-electron chi connectivity index (χ3n) is 3.08. The van der Waals surface area contributed by atoms with E-state index < -0.39 is 46.8 Å². The third kappa shape index (κ3) is 2.53. The highest BCUT2D eigenvalue weighted by atomic mass is 19.2. The molecule has 0 bridgehead atoms. The Morgan fingerprint density at radius 3 is 2.14 bits per heavy atom. The van der Waals surface area contributed by atoms with E-state index >= 15 is 0 Å². The van der Waals surface area contributed by atoms with Gasteiger partial charge >= 0.3 is 5.97 Å². The second kappa shape index (κ2) is 5.84. The molecule has 9 heteroatoms. The van der Waals surface area contributed by atoms with E-state index in [1.807, 2.05) is 0 Å². The lowest BCUT2D eigenvalue weighted by Crippen LogP contribution is -2.51. The van der Waals surface area contributed by atoms with E-state index in [1.165, 1.54) is 0 Å². The minimum Gasteiger partial charge on any atom is -0.467 e. The lowest BCUT2D eigenvalue weighted by Gasteiger charge is -2.35. The Kier molecular flexibility index (Phi) is 4.31. The van der Waals surface area contributed by atoms with Crippen molar-refractivity contribution in [3.8, 4) is 0 Å².